The topological polar surface area (TPSA) is 87.5 Å². The second kappa shape index (κ2) is 9.30. The van der Waals surface area contributed by atoms with E-state index in [1.54, 1.807) is 67.6 Å². The molecule has 0 aliphatic carbocycles. The van der Waals surface area contributed by atoms with Gasteiger partial charge in [-0.05, 0) is 50.2 Å². The average Bonchev–Trinajstić information content (AvgIpc) is 3.15. The van der Waals surface area contributed by atoms with Gasteiger partial charge in [0.1, 0.15) is 5.75 Å². The number of rotatable bonds is 7. The van der Waals surface area contributed by atoms with Crippen LogP contribution in [0.2, 0.25) is 0 Å². The molecule has 0 bridgehead atoms. The molecule has 168 valence electrons. The predicted molar refractivity (Wildman–Crippen MR) is 123 cm³/mol. The van der Waals surface area contributed by atoms with E-state index in [0.29, 0.717) is 11.4 Å². The molecule has 0 unspecified atom stereocenters. The van der Waals surface area contributed by atoms with Gasteiger partial charge >= 0.3 is 5.97 Å². The van der Waals surface area contributed by atoms with Gasteiger partial charge in [0, 0.05) is 0 Å². The standard InChI is InChI=1S/C25H22N2O5S/c1-18-13-15-22(16-14-18)33(29,30)24-19(2)26-27(20-9-5-3-6-10-20)25(24)32-23(28)17-31-21-11-7-4-8-12-21/h3-16H,17H2,1-2H3. The molecule has 3 aromatic carbocycles. The minimum absolute atomic E-state index is 0.0849. The maximum absolute atomic E-state index is 13.5. The number of para-hydroxylation sites is 2. The molecule has 0 aliphatic rings. The van der Waals surface area contributed by atoms with Crippen LogP contribution >= 0.6 is 0 Å². The van der Waals surface area contributed by atoms with Crippen molar-refractivity contribution in [2.75, 3.05) is 6.61 Å². The number of ether oxygens (including phenoxy) is 2. The lowest BCUT2D eigenvalue weighted by atomic mass is 10.2. The van der Waals surface area contributed by atoms with Gasteiger partial charge in [-0.3, -0.25) is 0 Å². The maximum atomic E-state index is 13.5. The van der Waals surface area contributed by atoms with E-state index in [2.05, 4.69) is 5.10 Å². The molecular formula is C25H22N2O5S. The van der Waals surface area contributed by atoms with Crippen molar-refractivity contribution in [3.05, 3.63) is 96.2 Å². The van der Waals surface area contributed by atoms with Crippen LogP contribution in [-0.2, 0) is 14.6 Å². The van der Waals surface area contributed by atoms with Gasteiger partial charge in [-0.15, -0.1) is 0 Å². The minimum Gasteiger partial charge on any atom is -0.482 e. The van der Waals surface area contributed by atoms with Crippen molar-refractivity contribution in [1.29, 1.82) is 0 Å². The number of sulfone groups is 1. The fourth-order valence-corrected chi connectivity index (χ4v) is 4.78. The summed E-state index contributed by atoms with van der Waals surface area (Å²) in [6.07, 6.45) is 0. The summed E-state index contributed by atoms with van der Waals surface area (Å²) in [5.74, 6) is -0.438. The maximum Gasteiger partial charge on any atom is 0.350 e. The minimum atomic E-state index is -4.02. The Bertz CT molecular complexity index is 1360. The quantitative estimate of drug-likeness (QED) is 0.381. The van der Waals surface area contributed by atoms with Crippen LogP contribution in [0.1, 0.15) is 11.3 Å². The average molecular weight is 463 g/mol. The Morgan fingerprint density at radius 1 is 0.879 bits per heavy atom. The van der Waals surface area contributed by atoms with Gasteiger partial charge in [-0.25, -0.2) is 13.2 Å². The van der Waals surface area contributed by atoms with Crippen molar-refractivity contribution in [3.8, 4) is 17.3 Å². The van der Waals surface area contributed by atoms with Gasteiger partial charge in [0.2, 0.25) is 15.7 Å². The lowest BCUT2D eigenvalue weighted by molar-refractivity contribution is -0.137. The summed E-state index contributed by atoms with van der Waals surface area (Å²) in [5.41, 5.74) is 1.69. The van der Waals surface area contributed by atoms with Crippen LogP contribution < -0.4 is 9.47 Å². The number of carbonyl (C=O) groups excluding carboxylic acids is 1. The van der Waals surface area contributed by atoms with Crippen LogP contribution in [0.25, 0.3) is 5.69 Å². The van der Waals surface area contributed by atoms with Gasteiger partial charge < -0.3 is 9.47 Å². The second-order valence-corrected chi connectivity index (χ2v) is 9.25. The highest BCUT2D eigenvalue weighted by Gasteiger charge is 2.32. The Balaban J connectivity index is 1.74. The van der Waals surface area contributed by atoms with Gasteiger partial charge in [0.25, 0.3) is 0 Å². The zero-order chi connectivity index (χ0) is 23.4. The summed E-state index contributed by atoms with van der Waals surface area (Å²) in [6.45, 7) is 3.04. The number of carbonyl (C=O) groups is 1. The molecule has 1 heterocycles. The molecule has 0 fully saturated rings. The van der Waals surface area contributed by atoms with Gasteiger partial charge in [0.15, 0.2) is 11.5 Å². The Morgan fingerprint density at radius 3 is 2.12 bits per heavy atom. The number of benzene rings is 3. The molecule has 0 saturated carbocycles. The van der Waals surface area contributed by atoms with Crippen molar-refractivity contribution < 1.29 is 22.7 Å². The fourth-order valence-electron chi connectivity index (χ4n) is 3.27. The van der Waals surface area contributed by atoms with E-state index in [-0.39, 0.29) is 21.4 Å². The summed E-state index contributed by atoms with van der Waals surface area (Å²) >= 11 is 0. The molecule has 0 saturated heterocycles. The molecule has 0 radical (unpaired) electrons. The second-order valence-electron chi connectivity index (χ2n) is 7.36. The number of aromatic nitrogens is 2. The molecule has 0 N–H and O–H groups in total. The highest BCUT2D eigenvalue weighted by Crippen LogP contribution is 2.34. The number of esters is 1. The van der Waals surface area contributed by atoms with Gasteiger partial charge in [-0.1, -0.05) is 54.1 Å². The molecule has 1 aromatic heterocycles. The zero-order valence-electron chi connectivity index (χ0n) is 18.1. The van der Waals surface area contributed by atoms with E-state index < -0.39 is 22.4 Å². The molecule has 4 aromatic rings. The molecule has 33 heavy (non-hydrogen) atoms. The van der Waals surface area contributed by atoms with E-state index in [0.717, 1.165) is 5.56 Å². The number of nitrogens with zero attached hydrogens (tertiary/aromatic N) is 2. The lowest BCUT2D eigenvalue weighted by Crippen LogP contribution is -2.20. The molecule has 7 nitrogen and oxygen atoms in total. The summed E-state index contributed by atoms with van der Waals surface area (Å²) in [6, 6.07) is 24.1. The van der Waals surface area contributed by atoms with Crippen LogP contribution in [0.5, 0.6) is 11.6 Å². The summed E-state index contributed by atoms with van der Waals surface area (Å²) in [5, 5.41) is 4.38. The van der Waals surface area contributed by atoms with Crippen molar-refractivity contribution in [1.82, 2.24) is 9.78 Å². The van der Waals surface area contributed by atoms with E-state index in [1.165, 1.54) is 16.8 Å². The molecule has 0 aliphatic heterocycles. The third kappa shape index (κ3) is 4.80. The Hall–Kier alpha value is -3.91. The Kier molecular flexibility index (Phi) is 6.28. The zero-order valence-corrected chi connectivity index (χ0v) is 19.0. The fraction of sp³-hybridized carbons (Fsp3) is 0.120. The molecule has 0 atom stereocenters. The van der Waals surface area contributed by atoms with Gasteiger partial charge in [-0.2, -0.15) is 9.78 Å². The molecular weight excluding hydrogens is 440 g/mol. The Morgan fingerprint density at radius 2 is 1.48 bits per heavy atom. The first-order valence-electron chi connectivity index (χ1n) is 10.2. The van der Waals surface area contributed by atoms with Gasteiger partial charge in [0.05, 0.1) is 16.3 Å². The van der Waals surface area contributed by atoms with Crippen molar-refractivity contribution in [3.63, 3.8) is 0 Å². The molecule has 4 rings (SSSR count). The summed E-state index contributed by atoms with van der Waals surface area (Å²) < 4.78 is 39.4. The van der Waals surface area contributed by atoms with E-state index >= 15 is 0 Å². The lowest BCUT2D eigenvalue weighted by Gasteiger charge is -2.11. The third-order valence-corrected chi connectivity index (χ3v) is 6.78. The van der Waals surface area contributed by atoms with Crippen LogP contribution in [0.15, 0.2) is 94.7 Å². The predicted octanol–water partition coefficient (Wildman–Crippen LogP) is 4.31. The highest BCUT2D eigenvalue weighted by molar-refractivity contribution is 7.91. The van der Waals surface area contributed by atoms with Crippen LogP contribution in [0.4, 0.5) is 0 Å². The van der Waals surface area contributed by atoms with Crippen LogP contribution in [0, 0.1) is 13.8 Å². The number of aryl methyl sites for hydroxylation is 2. The van der Waals surface area contributed by atoms with Crippen molar-refractivity contribution >= 4 is 15.8 Å². The van der Waals surface area contributed by atoms with Crippen molar-refractivity contribution in [2.24, 2.45) is 0 Å². The monoisotopic (exact) mass is 462 g/mol. The van der Waals surface area contributed by atoms with E-state index in [4.69, 9.17) is 9.47 Å². The normalized spacial score (nSPS) is 11.2. The first kappa shape index (κ1) is 22.3. The SMILES string of the molecule is Cc1ccc(S(=O)(=O)c2c(C)nn(-c3ccccc3)c2OC(=O)COc2ccccc2)cc1. The van der Waals surface area contributed by atoms with E-state index in [9.17, 15) is 13.2 Å². The van der Waals surface area contributed by atoms with Crippen LogP contribution in [-0.4, -0.2) is 30.8 Å². The first-order valence-corrected chi connectivity index (χ1v) is 11.7. The molecule has 8 heteroatoms. The molecule has 0 amide bonds. The number of hydrogen-bond donors (Lipinski definition) is 0. The smallest absolute Gasteiger partial charge is 0.350 e. The first-order chi connectivity index (χ1) is 15.9. The number of hydrogen-bond acceptors (Lipinski definition) is 6. The van der Waals surface area contributed by atoms with Crippen LogP contribution in [0.3, 0.4) is 0 Å². The largest absolute Gasteiger partial charge is 0.482 e. The highest BCUT2D eigenvalue weighted by atomic mass is 32.2. The Labute approximate surface area is 192 Å². The third-order valence-electron chi connectivity index (χ3n) is 4.88. The molecule has 0 spiro atoms. The summed E-state index contributed by atoms with van der Waals surface area (Å²) in [4.78, 5) is 12.6. The van der Waals surface area contributed by atoms with Crippen molar-refractivity contribution in [2.45, 2.75) is 23.6 Å². The summed E-state index contributed by atoms with van der Waals surface area (Å²) in [7, 11) is -4.02. The van der Waals surface area contributed by atoms with E-state index in [1.807, 2.05) is 19.1 Å².